The van der Waals surface area contributed by atoms with Gasteiger partial charge >= 0.3 is 0 Å². The number of fused-ring (bicyclic) bond motifs is 1. The van der Waals surface area contributed by atoms with Gasteiger partial charge in [-0.15, -0.1) is 0 Å². The number of nitrogens with two attached hydrogens (primary N) is 1. The molecule has 29 heavy (non-hydrogen) atoms. The van der Waals surface area contributed by atoms with Crippen molar-refractivity contribution in [3.63, 3.8) is 0 Å². The minimum atomic E-state index is -3.09. The number of aromatic nitrogens is 2. The predicted octanol–water partition coefficient (Wildman–Crippen LogP) is 0.889. The van der Waals surface area contributed by atoms with Crippen molar-refractivity contribution in [3.05, 3.63) is 41.1 Å². The fourth-order valence-corrected chi connectivity index (χ4v) is 5.76. The highest BCUT2D eigenvalue weighted by atomic mass is 32.2. The lowest BCUT2D eigenvalue weighted by molar-refractivity contribution is -0.120. The molecule has 154 valence electrons. The second-order valence-corrected chi connectivity index (χ2v) is 9.71. The lowest BCUT2D eigenvalue weighted by Crippen LogP contribution is -2.26. The molecular formula is C19H22N4O5S. The zero-order chi connectivity index (χ0) is 20.8. The second kappa shape index (κ2) is 7.18. The molecule has 2 aromatic rings. The number of anilines is 1. The smallest absolute Gasteiger partial charge is 0.255 e. The number of aryl methyl sites for hydroxylation is 1. The van der Waals surface area contributed by atoms with E-state index in [1.165, 1.54) is 0 Å². The van der Waals surface area contributed by atoms with Crippen LogP contribution in [-0.4, -0.2) is 48.1 Å². The first-order valence-corrected chi connectivity index (χ1v) is 11.2. The standard InChI is InChI=1S/C19H22N4O5S/c1-11-18-15(12-3-2-4-14(7-12)28-9-16(20)24)8-17(25)21-19(18)23(22-11)13-5-6-29(26,27)10-13/h2-4,7,13,15H,5-6,8-10H2,1H3,(H2,20,24)(H,21,25)/t13-,15-/m0/s1. The van der Waals surface area contributed by atoms with Crippen LogP contribution in [0.2, 0.25) is 0 Å². The summed E-state index contributed by atoms with van der Waals surface area (Å²) < 4.78 is 30.9. The van der Waals surface area contributed by atoms with Gasteiger partial charge in [0.1, 0.15) is 11.6 Å². The number of primary amides is 1. The van der Waals surface area contributed by atoms with Gasteiger partial charge in [0.25, 0.3) is 5.91 Å². The first-order chi connectivity index (χ1) is 13.7. The molecule has 3 N–H and O–H groups in total. The van der Waals surface area contributed by atoms with Gasteiger partial charge in [-0.3, -0.25) is 9.59 Å². The van der Waals surface area contributed by atoms with Gasteiger partial charge in [0.05, 0.1) is 23.2 Å². The van der Waals surface area contributed by atoms with Gasteiger partial charge in [0, 0.05) is 17.9 Å². The third-order valence-corrected chi connectivity index (χ3v) is 7.07. The number of nitrogens with one attached hydrogen (secondary N) is 1. The summed E-state index contributed by atoms with van der Waals surface area (Å²) in [6, 6.07) is 6.90. The van der Waals surface area contributed by atoms with Crippen LogP contribution in [0.4, 0.5) is 5.82 Å². The maximum atomic E-state index is 12.5. The normalized spacial score (nSPS) is 22.7. The molecule has 1 aromatic heterocycles. The molecule has 2 aliphatic rings. The van der Waals surface area contributed by atoms with Crippen LogP contribution < -0.4 is 15.8 Å². The Morgan fingerprint density at radius 3 is 2.90 bits per heavy atom. The van der Waals surface area contributed by atoms with Crippen LogP contribution in [0.5, 0.6) is 5.75 Å². The third kappa shape index (κ3) is 3.84. The molecule has 10 heteroatoms. The van der Waals surface area contributed by atoms with Crippen molar-refractivity contribution < 1.29 is 22.7 Å². The summed E-state index contributed by atoms with van der Waals surface area (Å²) in [4.78, 5) is 23.4. The second-order valence-electron chi connectivity index (χ2n) is 7.48. The fraction of sp³-hybridized carbons (Fsp3) is 0.421. The maximum Gasteiger partial charge on any atom is 0.255 e. The largest absolute Gasteiger partial charge is 0.484 e. The number of nitrogens with zero attached hydrogens (tertiary/aromatic N) is 2. The van der Waals surface area contributed by atoms with Gasteiger partial charge in [-0.2, -0.15) is 5.10 Å². The van der Waals surface area contributed by atoms with Gasteiger partial charge in [-0.05, 0) is 31.0 Å². The Morgan fingerprint density at radius 2 is 2.21 bits per heavy atom. The topological polar surface area (TPSA) is 133 Å². The Balaban J connectivity index is 1.71. The average Bonchev–Trinajstić information content (AvgIpc) is 3.19. The molecule has 0 aliphatic carbocycles. The van der Waals surface area contributed by atoms with E-state index in [4.69, 9.17) is 10.5 Å². The molecule has 2 amide bonds. The van der Waals surface area contributed by atoms with E-state index in [9.17, 15) is 18.0 Å². The highest BCUT2D eigenvalue weighted by Crippen LogP contribution is 2.42. The van der Waals surface area contributed by atoms with E-state index in [0.29, 0.717) is 18.0 Å². The van der Waals surface area contributed by atoms with E-state index in [2.05, 4.69) is 10.4 Å². The zero-order valence-electron chi connectivity index (χ0n) is 15.9. The number of sulfone groups is 1. The summed E-state index contributed by atoms with van der Waals surface area (Å²) in [6.45, 7) is 1.63. The van der Waals surface area contributed by atoms with Crippen molar-refractivity contribution in [3.8, 4) is 5.75 Å². The maximum absolute atomic E-state index is 12.5. The molecule has 9 nitrogen and oxygen atoms in total. The van der Waals surface area contributed by atoms with Crippen LogP contribution in [0.1, 0.15) is 41.6 Å². The van der Waals surface area contributed by atoms with Crippen molar-refractivity contribution in [1.29, 1.82) is 0 Å². The van der Waals surface area contributed by atoms with Crippen LogP contribution in [-0.2, 0) is 19.4 Å². The monoisotopic (exact) mass is 418 g/mol. The van der Waals surface area contributed by atoms with Crippen molar-refractivity contribution in [1.82, 2.24) is 9.78 Å². The SMILES string of the molecule is Cc1nn([C@H]2CCS(=O)(=O)C2)c2c1[C@H](c1cccc(OCC(N)=O)c1)CC(=O)N2. The Hall–Kier alpha value is -2.88. The molecule has 2 atom stereocenters. The Labute approximate surface area is 168 Å². The Morgan fingerprint density at radius 1 is 1.41 bits per heavy atom. The highest BCUT2D eigenvalue weighted by Gasteiger charge is 2.37. The number of ether oxygens (including phenoxy) is 1. The number of hydrogen-bond acceptors (Lipinski definition) is 6. The lowest BCUT2D eigenvalue weighted by atomic mass is 9.85. The minimum absolute atomic E-state index is 0.0253. The molecule has 0 saturated carbocycles. The van der Waals surface area contributed by atoms with E-state index in [1.807, 2.05) is 13.0 Å². The van der Waals surface area contributed by atoms with Crippen molar-refractivity contribution in [2.45, 2.75) is 31.7 Å². The molecule has 2 aliphatic heterocycles. The number of carbonyl (C=O) groups is 2. The van der Waals surface area contributed by atoms with E-state index < -0.39 is 15.7 Å². The van der Waals surface area contributed by atoms with Crippen molar-refractivity contribution in [2.24, 2.45) is 5.73 Å². The fourth-order valence-electron chi connectivity index (χ4n) is 4.07. The van der Waals surface area contributed by atoms with Gasteiger partial charge < -0.3 is 15.8 Å². The molecule has 1 aromatic carbocycles. The number of benzene rings is 1. The Bertz CT molecular complexity index is 1090. The summed E-state index contributed by atoms with van der Waals surface area (Å²) >= 11 is 0. The molecule has 1 saturated heterocycles. The number of amides is 2. The van der Waals surface area contributed by atoms with Crippen LogP contribution in [0.15, 0.2) is 24.3 Å². The number of rotatable bonds is 5. The Kier molecular flexibility index (Phi) is 4.81. The summed E-state index contributed by atoms with van der Waals surface area (Å²) in [6.07, 6.45) is 0.717. The molecule has 0 radical (unpaired) electrons. The average molecular weight is 418 g/mol. The summed E-state index contributed by atoms with van der Waals surface area (Å²) in [5, 5.41) is 7.46. The molecular weight excluding hydrogens is 396 g/mol. The number of hydrogen-bond donors (Lipinski definition) is 2. The van der Waals surface area contributed by atoms with Crippen LogP contribution in [0.3, 0.4) is 0 Å². The highest BCUT2D eigenvalue weighted by molar-refractivity contribution is 7.91. The summed E-state index contributed by atoms with van der Waals surface area (Å²) in [5.74, 6) is 0.225. The summed E-state index contributed by atoms with van der Waals surface area (Å²) in [7, 11) is -3.09. The van der Waals surface area contributed by atoms with E-state index >= 15 is 0 Å². The third-order valence-electron chi connectivity index (χ3n) is 5.32. The van der Waals surface area contributed by atoms with Crippen LogP contribution in [0.25, 0.3) is 0 Å². The van der Waals surface area contributed by atoms with Gasteiger partial charge in [-0.25, -0.2) is 13.1 Å². The minimum Gasteiger partial charge on any atom is -0.484 e. The van der Waals surface area contributed by atoms with Gasteiger partial charge in [0.15, 0.2) is 16.4 Å². The van der Waals surface area contributed by atoms with Crippen LogP contribution in [0, 0.1) is 6.92 Å². The van der Waals surface area contributed by atoms with Gasteiger partial charge in [-0.1, -0.05) is 12.1 Å². The first kappa shape index (κ1) is 19.4. The molecule has 3 heterocycles. The van der Waals surface area contributed by atoms with Crippen LogP contribution >= 0.6 is 0 Å². The molecule has 1 fully saturated rings. The molecule has 0 unspecified atom stereocenters. The summed E-state index contributed by atoms with van der Waals surface area (Å²) in [5.41, 5.74) is 7.61. The number of carbonyl (C=O) groups excluding carboxylic acids is 2. The molecule has 0 bridgehead atoms. The van der Waals surface area contributed by atoms with Crippen molar-refractivity contribution in [2.75, 3.05) is 23.4 Å². The quantitative estimate of drug-likeness (QED) is 0.741. The van der Waals surface area contributed by atoms with E-state index in [0.717, 1.165) is 16.8 Å². The molecule has 4 rings (SSSR count). The zero-order valence-corrected chi connectivity index (χ0v) is 16.7. The van der Waals surface area contributed by atoms with E-state index in [-0.39, 0.29) is 42.4 Å². The van der Waals surface area contributed by atoms with Gasteiger partial charge in [0.2, 0.25) is 5.91 Å². The van der Waals surface area contributed by atoms with E-state index in [1.54, 1.807) is 22.9 Å². The first-order valence-electron chi connectivity index (χ1n) is 9.34. The van der Waals surface area contributed by atoms with Crippen molar-refractivity contribution >= 4 is 27.5 Å². The molecule has 0 spiro atoms. The predicted molar refractivity (Wildman–Crippen MR) is 105 cm³/mol. The lowest BCUT2D eigenvalue weighted by Gasteiger charge is -2.25.